The monoisotopic (exact) mass is 345 g/mol. The van der Waals surface area contributed by atoms with Gasteiger partial charge in [0.15, 0.2) is 0 Å². The van der Waals surface area contributed by atoms with E-state index in [0.29, 0.717) is 13.2 Å². The Morgan fingerprint density at radius 2 is 1.88 bits per heavy atom. The van der Waals surface area contributed by atoms with Gasteiger partial charge < -0.3 is 14.8 Å². The van der Waals surface area contributed by atoms with Gasteiger partial charge in [-0.3, -0.25) is 0 Å². The maximum Gasteiger partial charge on any atom is 0.127 e. The molecule has 0 aromatic heterocycles. The quantitative estimate of drug-likeness (QED) is 0.853. The summed E-state index contributed by atoms with van der Waals surface area (Å²) in [6.07, 6.45) is 0.996. The van der Waals surface area contributed by atoms with Crippen molar-refractivity contribution in [2.75, 3.05) is 19.8 Å². The van der Waals surface area contributed by atoms with Crippen LogP contribution in [0.15, 0.2) is 30.3 Å². The smallest absolute Gasteiger partial charge is 0.127 e. The lowest BCUT2D eigenvalue weighted by Crippen LogP contribution is -2.31. The first-order valence-corrected chi connectivity index (χ1v) is 8.93. The minimum Gasteiger partial charge on any atom is -0.494 e. The molecule has 3 nitrogen and oxygen atoms in total. The molecular formula is C20H24ClNO2. The largest absolute Gasteiger partial charge is 0.494 e. The highest BCUT2D eigenvalue weighted by Crippen LogP contribution is 2.38. The number of hydrogen-bond donors (Lipinski definition) is 1. The van der Waals surface area contributed by atoms with Crippen LogP contribution in [0, 0.1) is 6.92 Å². The van der Waals surface area contributed by atoms with Gasteiger partial charge >= 0.3 is 0 Å². The number of ether oxygens (including phenoxy) is 2. The molecule has 1 N–H and O–H groups in total. The van der Waals surface area contributed by atoms with Crippen molar-refractivity contribution in [2.24, 2.45) is 0 Å². The minimum atomic E-state index is 0.0865. The van der Waals surface area contributed by atoms with Gasteiger partial charge in [-0.15, -0.1) is 0 Å². The van der Waals surface area contributed by atoms with Gasteiger partial charge in [-0.2, -0.15) is 0 Å². The van der Waals surface area contributed by atoms with E-state index < -0.39 is 0 Å². The lowest BCUT2D eigenvalue weighted by Gasteiger charge is -2.29. The maximum absolute atomic E-state index is 6.33. The molecule has 1 aliphatic heterocycles. The second-order valence-electron chi connectivity index (χ2n) is 6.00. The Morgan fingerprint density at radius 3 is 2.62 bits per heavy atom. The van der Waals surface area contributed by atoms with Crippen molar-refractivity contribution in [3.63, 3.8) is 0 Å². The average molecular weight is 346 g/mol. The molecule has 0 saturated carbocycles. The van der Waals surface area contributed by atoms with E-state index in [1.807, 2.05) is 39.0 Å². The topological polar surface area (TPSA) is 30.5 Å². The van der Waals surface area contributed by atoms with Crippen LogP contribution in [0.3, 0.4) is 0 Å². The van der Waals surface area contributed by atoms with E-state index in [-0.39, 0.29) is 6.04 Å². The Balaban J connectivity index is 2.06. The Bertz CT molecular complexity index is 730. The molecule has 2 aromatic carbocycles. The molecule has 0 radical (unpaired) electrons. The first kappa shape index (κ1) is 17.1. The van der Waals surface area contributed by atoms with Gasteiger partial charge in [0.05, 0.1) is 19.3 Å². The SMILES string of the molecule is CCOc1ccc2c(c1)CCNC2c1cc(Cl)cc(C)c1OCC. The molecule has 0 amide bonds. The fourth-order valence-corrected chi connectivity index (χ4v) is 3.67. The summed E-state index contributed by atoms with van der Waals surface area (Å²) in [6.45, 7) is 8.30. The van der Waals surface area contributed by atoms with Gasteiger partial charge in [0.2, 0.25) is 0 Å². The third kappa shape index (κ3) is 3.38. The summed E-state index contributed by atoms with van der Waals surface area (Å²) in [5.74, 6) is 1.87. The molecule has 4 heteroatoms. The standard InChI is InChI=1S/C20H24ClNO2/c1-4-23-16-6-7-17-14(11-16)8-9-22-19(17)18-12-15(21)10-13(3)20(18)24-5-2/h6-7,10-12,19,22H,4-5,8-9H2,1-3H3. The average Bonchev–Trinajstić information content (AvgIpc) is 2.57. The summed E-state index contributed by atoms with van der Waals surface area (Å²) >= 11 is 6.33. The van der Waals surface area contributed by atoms with Crippen molar-refractivity contribution in [1.82, 2.24) is 5.32 Å². The lowest BCUT2D eigenvalue weighted by atomic mass is 9.88. The van der Waals surface area contributed by atoms with Crippen LogP contribution in [0.4, 0.5) is 0 Å². The molecule has 128 valence electrons. The highest BCUT2D eigenvalue weighted by Gasteiger charge is 2.25. The van der Waals surface area contributed by atoms with Crippen molar-refractivity contribution in [2.45, 2.75) is 33.2 Å². The molecule has 24 heavy (non-hydrogen) atoms. The number of rotatable bonds is 5. The van der Waals surface area contributed by atoms with E-state index in [1.165, 1.54) is 11.1 Å². The Morgan fingerprint density at radius 1 is 1.08 bits per heavy atom. The van der Waals surface area contributed by atoms with Crippen molar-refractivity contribution in [3.05, 3.63) is 57.6 Å². The second kappa shape index (κ2) is 7.45. The molecule has 0 saturated heterocycles. The van der Waals surface area contributed by atoms with E-state index in [2.05, 4.69) is 17.4 Å². The zero-order chi connectivity index (χ0) is 17.1. The van der Waals surface area contributed by atoms with Crippen LogP contribution in [0.25, 0.3) is 0 Å². The Kier molecular flexibility index (Phi) is 5.32. The van der Waals surface area contributed by atoms with E-state index in [0.717, 1.165) is 40.6 Å². The van der Waals surface area contributed by atoms with E-state index in [9.17, 15) is 0 Å². The molecule has 3 rings (SSSR count). The van der Waals surface area contributed by atoms with Crippen LogP contribution < -0.4 is 14.8 Å². The van der Waals surface area contributed by atoms with Crippen LogP contribution in [0.5, 0.6) is 11.5 Å². The lowest BCUT2D eigenvalue weighted by molar-refractivity contribution is 0.330. The van der Waals surface area contributed by atoms with E-state index in [4.69, 9.17) is 21.1 Å². The summed E-state index contributed by atoms with van der Waals surface area (Å²) in [7, 11) is 0. The molecule has 0 aliphatic carbocycles. The van der Waals surface area contributed by atoms with E-state index >= 15 is 0 Å². The predicted octanol–water partition coefficient (Wildman–Crippen LogP) is 4.68. The number of fused-ring (bicyclic) bond motifs is 1. The third-order valence-electron chi connectivity index (χ3n) is 4.35. The van der Waals surface area contributed by atoms with Crippen molar-refractivity contribution >= 4 is 11.6 Å². The van der Waals surface area contributed by atoms with E-state index in [1.54, 1.807) is 0 Å². The molecule has 1 unspecified atom stereocenters. The number of benzene rings is 2. The first-order chi connectivity index (χ1) is 11.6. The van der Waals surface area contributed by atoms with Crippen LogP contribution in [-0.4, -0.2) is 19.8 Å². The summed E-state index contributed by atoms with van der Waals surface area (Å²) in [5.41, 5.74) is 4.77. The molecule has 1 atom stereocenters. The number of nitrogens with one attached hydrogen (secondary N) is 1. The fourth-order valence-electron chi connectivity index (χ4n) is 3.39. The van der Waals surface area contributed by atoms with Gasteiger partial charge in [0.1, 0.15) is 11.5 Å². The Labute approximate surface area is 148 Å². The molecular weight excluding hydrogens is 322 g/mol. The zero-order valence-corrected chi connectivity index (χ0v) is 15.2. The van der Waals surface area contributed by atoms with Gasteiger partial charge in [0, 0.05) is 17.1 Å². The molecule has 1 aliphatic rings. The van der Waals surface area contributed by atoms with Crippen molar-refractivity contribution < 1.29 is 9.47 Å². The molecule has 2 aromatic rings. The van der Waals surface area contributed by atoms with Crippen molar-refractivity contribution in [3.8, 4) is 11.5 Å². The van der Waals surface area contributed by atoms with Crippen LogP contribution in [0.2, 0.25) is 5.02 Å². The van der Waals surface area contributed by atoms with Crippen LogP contribution in [0.1, 0.15) is 42.1 Å². The number of halogens is 1. The van der Waals surface area contributed by atoms with Gasteiger partial charge in [0.25, 0.3) is 0 Å². The normalized spacial score (nSPS) is 16.6. The summed E-state index contributed by atoms with van der Waals surface area (Å²) in [4.78, 5) is 0. The van der Waals surface area contributed by atoms with Crippen molar-refractivity contribution in [1.29, 1.82) is 0 Å². The molecule has 0 fully saturated rings. The van der Waals surface area contributed by atoms with Gasteiger partial charge in [-0.25, -0.2) is 0 Å². The Hall–Kier alpha value is -1.71. The third-order valence-corrected chi connectivity index (χ3v) is 4.57. The minimum absolute atomic E-state index is 0.0865. The maximum atomic E-state index is 6.33. The predicted molar refractivity (Wildman–Crippen MR) is 98.5 cm³/mol. The molecule has 0 bridgehead atoms. The zero-order valence-electron chi connectivity index (χ0n) is 14.5. The number of aryl methyl sites for hydroxylation is 1. The summed E-state index contributed by atoms with van der Waals surface area (Å²) in [5, 5.41) is 4.36. The highest BCUT2D eigenvalue weighted by atomic mass is 35.5. The van der Waals surface area contributed by atoms with Crippen LogP contribution in [-0.2, 0) is 6.42 Å². The highest BCUT2D eigenvalue weighted by molar-refractivity contribution is 6.30. The summed E-state index contributed by atoms with van der Waals surface area (Å²) < 4.78 is 11.6. The summed E-state index contributed by atoms with van der Waals surface area (Å²) in [6, 6.07) is 10.4. The molecule has 1 heterocycles. The fraction of sp³-hybridized carbons (Fsp3) is 0.400. The van der Waals surface area contributed by atoms with Gasteiger partial charge in [-0.05, 0) is 68.1 Å². The first-order valence-electron chi connectivity index (χ1n) is 8.55. The number of hydrogen-bond acceptors (Lipinski definition) is 3. The second-order valence-corrected chi connectivity index (χ2v) is 6.44. The molecule has 0 spiro atoms. The van der Waals surface area contributed by atoms with Crippen LogP contribution >= 0.6 is 11.6 Å². The van der Waals surface area contributed by atoms with Gasteiger partial charge in [-0.1, -0.05) is 17.7 Å².